The summed E-state index contributed by atoms with van der Waals surface area (Å²) in [7, 11) is 0. The van der Waals surface area contributed by atoms with Crippen molar-refractivity contribution in [3.8, 4) is 0 Å². The second-order valence-corrected chi connectivity index (χ2v) is 6.12. The summed E-state index contributed by atoms with van der Waals surface area (Å²) in [6.07, 6.45) is 0.423. The van der Waals surface area contributed by atoms with Gasteiger partial charge in [-0.3, -0.25) is 0 Å². The molecule has 2 aromatic rings. The predicted molar refractivity (Wildman–Crippen MR) is 85.5 cm³/mol. The van der Waals surface area contributed by atoms with Crippen LogP contribution in [0.3, 0.4) is 0 Å². The number of rotatable bonds is 7. The minimum atomic E-state index is -0.360. The Morgan fingerprint density at radius 2 is 2.10 bits per heavy atom. The number of nitrogens with one attached hydrogen (secondary N) is 2. The van der Waals surface area contributed by atoms with Crippen molar-refractivity contribution in [3.05, 3.63) is 11.4 Å². The first-order valence-corrected chi connectivity index (χ1v) is 7.89. The molecule has 0 aliphatic heterocycles. The average Bonchev–Trinajstić information content (AvgIpc) is 2.83. The molecule has 110 valence electrons. The third-order valence-corrected chi connectivity index (χ3v) is 3.72. The molecule has 0 saturated heterocycles. The van der Waals surface area contributed by atoms with Crippen LogP contribution >= 0.6 is 11.3 Å². The molecular weight excluding hydrogens is 272 g/mol. The highest BCUT2D eigenvalue weighted by Crippen LogP contribution is 2.26. The van der Waals surface area contributed by atoms with E-state index >= 15 is 0 Å². The lowest BCUT2D eigenvalue weighted by Gasteiger charge is -2.15. The molecule has 0 saturated carbocycles. The normalized spacial score (nSPS) is 12.8. The topological polar surface area (TPSA) is 70.1 Å². The van der Waals surface area contributed by atoms with E-state index < -0.39 is 0 Å². The van der Waals surface area contributed by atoms with Crippen LogP contribution in [0.25, 0.3) is 10.2 Å². The molecule has 0 amide bonds. The van der Waals surface area contributed by atoms with Gasteiger partial charge in [-0.25, -0.2) is 4.98 Å². The molecule has 1 unspecified atom stereocenters. The molecule has 0 radical (unpaired) electrons. The number of thiophene rings is 1. The monoisotopic (exact) mass is 294 g/mol. The summed E-state index contributed by atoms with van der Waals surface area (Å²) in [5.41, 5.74) is 0. The second-order valence-electron chi connectivity index (χ2n) is 5.23. The van der Waals surface area contributed by atoms with Crippen molar-refractivity contribution in [1.29, 1.82) is 0 Å². The van der Waals surface area contributed by atoms with E-state index in [1.165, 1.54) is 0 Å². The Labute approximate surface area is 123 Å². The molecule has 0 fully saturated rings. The van der Waals surface area contributed by atoms with E-state index in [-0.39, 0.29) is 6.10 Å². The highest BCUT2D eigenvalue weighted by Gasteiger charge is 2.11. The predicted octanol–water partition coefficient (Wildman–Crippen LogP) is 2.94. The first kappa shape index (κ1) is 15.0. The summed E-state index contributed by atoms with van der Waals surface area (Å²) in [6, 6.07) is 2.01. The van der Waals surface area contributed by atoms with Crippen molar-refractivity contribution < 1.29 is 5.11 Å². The number of fused-ring (bicyclic) bond motifs is 1. The third-order valence-electron chi connectivity index (χ3n) is 2.91. The van der Waals surface area contributed by atoms with E-state index in [9.17, 15) is 5.11 Å². The van der Waals surface area contributed by atoms with Crippen molar-refractivity contribution in [1.82, 2.24) is 9.97 Å². The zero-order valence-corrected chi connectivity index (χ0v) is 13.0. The Hall–Kier alpha value is -1.40. The van der Waals surface area contributed by atoms with Gasteiger partial charge in [0.05, 0.1) is 11.5 Å². The number of aromatic nitrogens is 2. The summed E-state index contributed by atoms with van der Waals surface area (Å²) in [5, 5.41) is 19.3. The summed E-state index contributed by atoms with van der Waals surface area (Å²) in [6.45, 7) is 7.52. The minimum Gasteiger partial charge on any atom is -0.391 e. The Balaban J connectivity index is 2.13. The van der Waals surface area contributed by atoms with Gasteiger partial charge < -0.3 is 15.7 Å². The number of aliphatic hydroxyl groups excluding tert-OH is 1. The number of nitrogens with zero attached hydrogens (tertiary/aromatic N) is 2. The van der Waals surface area contributed by atoms with Crippen LogP contribution in [0.5, 0.6) is 0 Å². The van der Waals surface area contributed by atoms with Crippen molar-refractivity contribution in [2.45, 2.75) is 33.3 Å². The second kappa shape index (κ2) is 6.85. The van der Waals surface area contributed by atoms with Crippen LogP contribution in [-0.4, -0.2) is 34.3 Å². The lowest BCUT2D eigenvalue weighted by molar-refractivity contribution is 0.161. The van der Waals surface area contributed by atoms with Crippen molar-refractivity contribution in [2.24, 2.45) is 5.92 Å². The van der Waals surface area contributed by atoms with Crippen LogP contribution in [0.4, 0.5) is 11.8 Å². The maximum atomic E-state index is 9.96. The molecule has 20 heavy (non-hydrogen) atoms. The van der Waals surface area contributed by atoms with Crippen LogP contribution < -0.4 is 10.6 Å². The largest absolute Gasteiger partial charge is 0.391 e. The molecular formula is C14H22N4OS. The quantitative estimate of drug-likeness (QED) is 0.732. The van der Waals surface area contributed by atoms with Gasteiger partial charge in [-0.15, -0.1) is 11.3 Å². The van der Waals surface area contributed by atoms with E-state index in [4.69, 9.17) is 0 Å². The first-order valence-electron chi connectivity index (χ1n) is 7.01. The fourth-order valence-electron chi connectivity index (χ4n) is 2.07. The van der Waals surface area contributed by atoms with Gasteiger partial charge in [0.1, 0.15) is 10.6 Å². The molecule has 0 aliphatic carbocycles. The molecule has 0 aliphatic rings. The molecule has 6 heteroatoms. The van der Waals surface area contributed by atoms with Gasteiger partial charge in [0.15, 0.2) is 0 Å². The highest BCUT2D eigenvalue weighted by molar-refractivity contribution is 7.16. The molecule has 5 nitrogen and oxygen atoms in total. The number of hydrogen-bond acceptors (Lipinski definition) is 6. The number of anilines is 2. The van der Waals surface area contributed by atoms with Crippen molar-refractivity contribution >= 4 is 33.3 Å². The van der Waals surface area contributed by atoms with Gasteiger partial charge in [0, 0.05) is 13.1 Å². The summed E-state index contributed by atoms with van der Waals surface area (Å²) >= 11 is 1.59. The molecule has 2 rings (SSSR count). The van der Waals surface area contributed by atoms with Crippen LogP contribution in [0.1, 0.15) is 27.2 Å². The molecule has 2 heterocycles. The number of hydrogen-bond donors (Lipinski definition) is 3. The summed E-state index contributed by atoms with van der Waals surface area (Å²) < 4.78 is 0. The van der Waals surface area contributed by atoms with Gasteiger partial charge in [0.2, 0.25) is 5.95 Å². The molecule has 0 spiro atoms. The molecule has 2 aromatic heterocycles. The molecule has 3 N–H and O–H groups in total. The lowest BCUT2D eigenvalue weighted by atomic mass is 10.1. The summed E-state index contributed by atoms with van der Waals surface area (Å²) in [5.74, 6) is 1.90. The van der Waals surface area contributed by atoms with Crippen LogP contribution in [0, 0.1) is 5.92 Å². The molecule has 0 aromatic carbocycles. The summed E-state index contributed by atoms with van der Waals surface area (Å²) in [4.78, 5) is 9.89. The Bertz CT molecular complexity index is 555. The zero-order chi connectivity index (χ0) is 14.5. The van der Waals surface area contributed by atoms with Gasteiger partial charge >= 0.3 is 0 Å². The maximum absolute atomic E-state index is 9.96. The standard InChI is InChI=1S/C14H22N4OS/c1-4-15-14-17-12(11-5-6-20-13(11)18-14)16-8-10(19)7-9(2)3/h5-6,9-10,19H,4,7-8H2,1-3H3,(H2,15,16,17,18). The van der Waals surface area contributed by atoms with Crippen LogP contribution in [0.2, 0.25) is 0 Å². The Morgan fingerprint density at radius 1 is 1.30 bits per heavy atom. The van der Waals surface area contributed by atoms with Crippen LogP contribution in [-0.2, 0) is 0 Å². The van der Waals surface area contributed by atoms with Crippen molar-refractivity contribution in [2.75, 3.05) is 23.7 Å². The zero-order valence-electron chi connectivity index (χ0n) is 12.2. The highest BCUT2D eigenvalue weighted by atomic mass is 32.1. The van der Waals surface area contributed by atoms with E-state index in [1.54, 1.807) is 11.3 Å². The van der Waals surface area contributed by atoms with E-state index in [0.717, 1.165) is 29.0 Å². The van der Waals surface area contributed by atoms with Crippen LogP contribution in [0.15, 0.2) is 11.4 Å². The van der Waals surface area contributed by atoms with Crippen molar-refractivity contribution in [3.63, 3.8) is 0 Å². The van der Waals surface area contributed by atoms with E-state index in [0.29, 0.717) is 18.4 Å². The Kier molecular flexibility index (Phi) is 5.14. The maximum Gasteiger partial charge on any atom is 0.226 e. The average molecular weight is 294 g/mol. The lowest BCUT2D eigenvalue weighted by Crippen LogP contribution is -2.22. The van der Waals surface area contributed by atoms with Gasteiger partial charge in [-0.2, -0.15) is 4.98 Å². The number of aliphatic hydroxyl groups is 1. The van der Waals surface area contributed by atoms with Gasteiger partial charge in [0.25, 0.3) is 0 Å². The molecule has 1 atom stereocenters. The van der Waals surface area contributed by atoms with E-state index in [1.807, 2.05) is 18.4 Å². The van der Waals surface area contributed by atoms with Gasteiger partial charge in [-0.05, 0) is 30.7 Å². The fraction of sp³-hybridized carbons (Fsp3) is 0.571. The SMILES string of the molecule is CCNc1nc(NCC(O)CC(C)C)c2ccsc2n1. The van der Waals surface area contributed by atoms with Gasteiger partial charge in [-0.1, -0.05) is 13.8 Å². The smallest absolute Gasteiger partial charge is 0.226 e. The first-order chi connectivity index (χ1) is 9.60. The van der Waals surface area contributed by atoms with E-state index in [2.05, 4.69) is 34.4 Å². The Morgan fingerprint density at radius 3 is 2.80 bits per heavy atom. The minimum absolute atomic E-state index is 0.360. The third kappa shape index (κ3) is 3.80. The molecule has 0 bridgehead atoms. The fourth-order valence-corrected chi connectivity index (χ4v) is 2.83.